The summed E-state index contributed by atoms with van der Waals surface area (Å²) in [6.07, 6.45) is 1.25. The number of thiazole rings is 1. The van der Waals surface area contributed by atoms with E-state index in [1.54, 1.807) is 6.07 Å². The summed E-state index contributed by atoms with van der Waals surface area (Å²) in [6.45, 7) is 3.22. The molecule has 3 aromatic rings. The maximum atomic E-state index is 13.0. The molecule has 1 aliphatic heterocycles. The van der Waals surface area contributed by atoms with Crippen LogP contribution in [-0.4, -0.2) is 36.3 Å². The van der Waals surface area contributed by atoms with E-state index in [9.17, 15) is 13.2 Å². The summed E-state index contributed by atoms with van der Waals surface area (Å²) >= 11 is 12.0. The Hall–Kier alpha value is -1.04. The van der Waals surface area contributed by atoms with Gasteiger partial charge in [0.05, 0.1) is 20.5 Å². The average molecular weight is 549 g/mol. The van der Waals surface area contributed by atoms with E-state index in [0.29, 0.717) is 35.1 Å². The normalized spacial score (nSPS) is 18.9. The van der Waals surface area contributed by atoms with Gasteiger partial charge in [-0.25, -0.2) is 8.42 Å². The highest BCUT2D eigenvalue weighted by atomic mass is 79.9. The first-order chi connectivity index (χ1) is 14.3. The van der Waals surface area contributed by atoms with Crippen LogP contribution in [0.1, 0.15) is 19.8 Å². The van der Waals surface area contributed by atoms with Gasteiger partial charge in [0.15, 0.2) is 4.80 Å². The Bertz CT molecular complexity index is 1280. The second-order valence-electron chi connectivity index (χ2n) is 6.93. The number of amides is 1. The third-order valence-corrected chi connectivity index (χ3v) is 10.3. The molecule has 1 saturated heterocycles. The van der Waals surface area contributed by atoms with Crippen molar-refractivity contribution in [3.63, 3.8) is 0 Å². The predicted octanol–water partition coefficient (Wildman–Crippen LogP) is 4.73. The Kier molecular flexibility index (Phi) is 6.53. The minimum atomic E-state index is -3.65. The van der Waals surface area contributed by atoms with Gasteiger partial charge in [0.25, 0.3) is 15.9 Å². The van der Waals surface area contributed by atoms with Gasteiger partial charge in [-0.15, -0.1) is 11.3 Å². The topological polar surface area (TPSA) is 71.7 Å². The van der Waals surface area contributed by atoms with Gasteiger partial charge in [-0.1, -0.05) is 29.0 Å². The van der Waals surface area contributed by atoms with Crippen molar-refractivity contribution < 1.29 is 13.2 Å². The van der Waals surface area contributed by atoms with Crippen LogP contribution in [0.2, 0.25) is 4.34 Å². The molecule has 0 spiro atoms. The summed E-state index contributed by atoms with van der Waals surface area (Å²) in [5, 5.41) is 0. The molecular weight excluding hydrogens is 530 g/mol. The fourth-order valence-electron chi connectivity index (χ4n) is 3.58. The molecule has 0 aliphatic carbocycles. The second-order valence-corrected chi connectivity index (χ2v) is 12.7. The van der Waals surface area contributed by atoms with E-state index >= 15 is 0 Å². The zero-order chi connectivity index (χ0) is 21.5. The van der Waals surface area contributed by atoms with Gasteiger partial charge in [0.1, 0.15) is 4.21 Å². The zero-order valence-electron chi connectivity index (χ0n) is 16.0. The van der Waals surface area contributed by atoms with E-state index in [-0.39, 0.29) is 16.7 Å². The lowest BCUT2D eigenvalue weighted by atomic mass is 9.99. The largest absolute Gasteiger partial charge is 0.316 e. The number of rotatable bonds is 4. The highest BCUT2D eigenvalue weighted by Gasteiger charge is 2.34. The number of fused-ring (bicyclic) bond motifs is 1. The van der Waals surface area contributed by atoms with Crippen LogP contribution in [0.25, 0.3) is 10.2 Å². The molecule has 0 radical (unpaired) electrons. The lowest BCUT2D eigenvalue weighted by Gasteiger charge is -2.29. The van der Waals surface area contributed by atoms with Crippen molar-refractivity contribution in [2.75, 3.05) is 13.1 Å². The Labute approximate surface area is 196 Å². The molecule has 1 amide bonds. The third-order valence-electron chi connectivity index (χ3n) is 5.05. The predicted molar refractivity (Wildman–Crippen MR) is 125 cm³/mol. The Balaban J connectivity index is 1.63. The third kappa shape index (κ3) is 4.18. The number of aryl methyl sites for hydroxylation is 1. The molecule has 1 fully saturated rings. The molecule has 6 nitrogen and oxygen atoms in total. The number of sulfonamides is 1. The molecule has 2 aromatic heterocycles. The van der Waals surface area contributed by atoms with Crippen LogP contribution in [0, 0.1) is 5.92 Å². The molecule has 30 heavy (non-hydrogen) atoms. The highest BCUT2D eigenvalue weighted by molar-refractivity contribution is 9.10. The molecule has 3 heterocycles. The summed E-state index contributed by atoms with van der Waals surface area (Å²) in [6, 6.07) is 9.01. The maximum Gasteiger partial charge on any atom is 0.252 e. The highest BCUT2D eigenvalue weighted by Crippen LogP contribution is 2.31. The number of thiophene rings is 1. The zero-order valence-corrected chi connectivity index (χ0v) is 20.8. The van der Waals surface area contributed by atoms with Gasteiger partial charge in [0, 0.05) is 24.1 Å². The van der Waals surface area contributed by atoms with E-state index in [0.717, 1.165) is 26.0 Å². The molecular formula is C19H19BrClN3O3S3. The van der Waals surface area contributed by atoms with Crippen LogP contribution in [0.4, 0.5) is 0 Å². The monoisotopic (exact) mass is 547 g/mol. The van der Waals surface area contributed by atoms with E-state index in [1.165, 1.54) is 21.7 Å². The van der Waals surface area contributed by atoms with E-state index in [4.69, 9.17) is 11.6 Å². The van der Waals surface area contributed by atoms with Crippen molar-refractivity contribution in [3.8, 4) is 0 Å². The number of aromatic nitrogens is 1. The van der Waals surface area contributed by atoms with E-state index < -0.39 is 15.9 Å². The van der Waals surface area contributed by atoms with Gasteiger partial charge < -0.3 is 4.57 Å². The molecule has 0 N–H and O–H groups in total. The van der Waals surface area contributed by atoms with Crippen molar-refractivity contribution in [1.82, 2.24) is 8.87 Å². The molecule has 1 atom stereocenters. The molecule has 1 aromatic carbocycles. The van der Waals surface area contributed by atoms with E-state index in [1.807, 2.05) is 29.7 Å². The standard InChI is InChI=1S/C19H19BrClN3O3S3/c1-2-24-17-13(20)6-3-7-14(17)28-19(24)22-18(25)12-5-4-10-23(11-12)30(26,27)16-9-8-15(21)29-16/h3,6-9,12H,2,4-5,10-11H2,1H3. The molecule has 0 saturated carbocycles. The summed E-state index contributed by atoms with van der Waals surface area (Å²) < 4.78 is 31.8. The smallest absolute Gasteiger partial charge is 0.252 e. The van der Waals surface area contributed by atoms with Crippen LogP contribution >= 0.6 is 50.2 Å². The summed E-state index contributed by atoms with van der Waals surface area (Å²) in [7, 11) is -3.65. The van der Waals surface area contributed by atoms with Crippen LogP contribution in [0.15, 0.2) is 44.0 Å². The van der Waals surface area contributed by atoms with Gasteiger partial charge >= 0.3 is 0 Å². The molecule has 1 aliphatic rings. The maximum absolute atomic E-state index is 13.0. The number of benzene rings is 1. The molecule has 160 valence electrons. The lowest BCUT2D eigenvalue weighted by Crippen LogP contribution is -2.42. The fraction of sp³-hybridized carbons (Fsp3) is 0.368. The number of halogens is 2. The molecule has 11 heteroatoms. The summed E-state index contributed by atoms with van der Waals surface area (Å²) in [5.74, 6) is -0.730. The first-order valence-corrected chi connectivity index (χ1v) is 13.7. The number of carbonyl (C=O) groups is 1. The van der Waals surface area contributed by atoms with Crippen LogP contribution < -0.4 is 4.80 Å². The van der Waals surface area contributed by atoms with Crippen molar-refractivity contribution in [1.29, 1.82) is 0 Å². The molecule has 1 unspecified atom stereocenters. The fourth-order valence-corrected chi connectivity index (χ4v) is 8.58. The van der Waals surface area contributed by atoms with Crippen molar-refractivity contribution >= 4 is 76.4 Å². The minimum absolute atomic E-state index is 0.140. The summed E-state index contributed by atoms with van der Waals surface area (Å²) in [5.41, 5.74) is 1.01. The van der Waals surface area contributed by atoms with Gasteiger partial charge in [0.2, 0.25) is 0 Å². The van der Waals surface area contributed by atoms with Gasteiger partial charge in [-0.05, 0) is 60.0 Å². The molecule has 0 bridgehead atoms. The first-order valence-electron chi connectivity index (χ1n) is 9.43. The second kappa shape index (κ2) is 8.84. The summed E-state index contributed by atoms with van der Waals surface area (Å²) in [4.78, 5) is 18.0. The van der Waals surface area contributed by atoms with Crippen molar-refractivity contribution in [3.05, 3.63) is 43.9 Å². The van der Waals surface area contributed by atoms with Crippen LogP contribution in [0.3, 0.4) is 0 Å². The van der Waals surface area contributed by atoms with Crippen LogP contribution in [-0.2, 0) is 21.4 Å². The SMILES string of the molecule is CCn1c(=NC(=O)C2CCCN(S(=O)(=O)c3ccc(Cl)s3)C2)sc2cccc(Br)c21. The lowest BCUT2D eigenvalue weighted by molar-refractivity contribution is -0.122. The number of hydrogen-bond acceptors (Lipinski definition) is 5. The quantitative estimate of drug-likeness (QED) is 0.473. The number of para-hydroxylation sites is 1. The Morgan fingerprint density at radius 2 is 2.10 bits per heavy atom. The Morgan fingerprint density at radius 1 is 1.30 bits per heavy atom. The van der Waals surface area contributed by atoms with Crippen LogP contribution in [0.5, 0.6) is 0 Å². The Morgan fingerprint density at radius 3 is 2.80 bits per heavy atom. The number of nitrogens with zero attached hydrogens (tertiary/aromatic N) is 3. The minimum Gasteiger partial charge on any atom is -0.316 e. The number of carbonyl (C=O) groups excluding carboxylic acids is 1. The van der Waals surface area contributed by atoms with Crippen molar-refractivity contribution in [2.24, 2.45) is 10.9 Å². The average Bonchev–Trinajstić information content (AvgIpc) is 3.32. The number of hydrogen-bond donors (Lipinski definition) is 0. The van der Waals surface area contributed by atoms with Gasteiger partial charge in [-0.2, -0.15) is 9.30 Å². The first kappa shape index (κ1) is 22.2. The number of piperidine rings is 1. The van der Waals surface area contributed by atoms with Gasteiger partial charge in [-0.3, -0.25) is 4.79 Å². The molecule has 4 rings (SSSR count). The van der Waals surface area contributed by atoms with Crippen molar-refractivity contribution in [2.45, 2.75) is 30.5 Å². The van der Waals surface area contributed by atoms with E-state index in [2.05, 4.69) is 20.9 Å².